The van der Waals surface area contributed by atoms with Gasteiger partial charge in [0.05, 0.1) is 12.7 Å². The van der Waals surface area contributed by atoms with Gasteiger partial charge in [-0.15, -0.1) is 0 Å². The van der Waals surface area contributed by atoms with E-state index < -0.39 is 0 Å². The van der Waals surface area contributed by atoms with Crippen molar-refractivity contribution in [1.29, 1.82) is 0 Å². The highest BCUT2D eigenvalue weighted by Crippen LogP contribution is 2.31. The van der Waals surface area contributed by atoms with Crippen LogP contribution in [-0.4, -0.2) is 18.7 Å². The van der Waals surface area contributed by atoms with Crippen LogP contribution in [0.5, 0.6) is 5.75 Å². The van der Waals surface area contributed by atoms with Gasteiger partial charge in [-0.25, -0.2) is 4.57 Å². The summed E-state index contributed by atoms with van der Waals surface area (Å²) in [6, 6.07) is 17.8. The van der Waals surface area contributed by atoms with E-state index in [-0.39, 0.29) is 17.5 Å². The zero-order chi connectivity index (χ0) is 21.1. The molecule has 0 N–H and O–H groups in total. The van der Waals surface area contributed by atoms with E-state index in [1.54, 1.807) is 14.0 Å². The fourth-order valence-electron chi connectivity index (χ4n) is 4.24. The molecule has 0 amide bonds. The van der Waals surface area contributed by atoms with Gasteiger partial charge in [0.25, 0.3) is 0 Å². The zero-order valence-corrected chi connectivity index (χ0v) is 17.4. The second kappa shape index (κ2) is 8.62. The van der Waals surface area contributed by atoms with E-state index >= 15 is 0 Å². The van der Waals surface area contributed by atoms with Crippen molar-refractivity contribution < 1.29 is 18.9 Å². The normalized spacial score (nSPS) is 15.5. The highest BCUT2D eigenvalue weighted by atomic mass is 16.5. The first-order valence-corrected chi connectivity index (χ1v) is 10.3. The fraction of sp³-hybridized carbons (Fsp3) is 0.269. The molecule has 0 radical (unpaired) electrons. The maximum absolute atomic E-state index is 13.1. The number of aromatic nitrogens is 1. The molecular weight excluding hydrogens is 374 g/mol. The van der Waals surface area contributed by atoms with Crippen LogP contribution in [0.1, 0.15) is 50.8 Å². The van der Waals surface area contributed by atoms with E-state index in [0.29, 0.717) is 18.5 Å². The van der Waals surface area contributed by atoms with Crippen molar-refractivity contribution in [3.05, 3.63) is 94.8 Å². The Balaban J connectivity index is 1.56. The molecule has 0 saturated heterocycles. The maximum atomic E-state index is 13.1. The Kier molecular flexibility index (Phi) is 5.75. The predicted octanol–water partition coefficient (Wildman–Crippen LogP) is 4.22. The monoisotopic (exact) mass is 400 g/mol. The molecule has 2 aromatic carbocycles. The summed E-state index contributed by atoms with van der Waals surface area (Å²) in [5, 5.41) is 0. The SMILES string of the molecule is COc1ccc2c(c1)CCC(Cc1cc[n+](Cc3ccccc3)cc1C(C)=O)C2=O. The molecular formula is C26H26NO3+. The van der Waals surface area contributed by atoms with Gasteiger partial charge in [0.1, 0.15) is 5.75 Å². The predicted molar refractivity (Wildman–Crippen MR) is 115 cm³/mol. The van der Waals surface area contributed by atoms with E-state index in [9.17, 15) is 9.59 Å². The number of pyridine rings is 1. The lowest BCUT2D eigenvalue weighted by Gasteiger charge is -2.24. The topological polar surface area (TPSA) is 47.2 Å². The molecule has 4 nitrogen and oxygen atoms in total. The van der Waals surface area contributed by atoms with E-state index in [0.717, 1.165) is 35.3 Å². The summed E-state index contributed by atoms with van der Waals surface area (Å²) in [5.41, 5.74) is 4.66. The van der Waals surface area contributed by atoms with Crippen LogP contribution in [0.3, 0.4) is 0 Å². The lowest BCUT2D eigenvalue weighted by Crippen LogP contribution is -2.35. The Morgan fingerprint density at radius 2 is 1.93 bits per heavy atom. The molecule has 30 heavy (non-hydrogen) atoms. The number of aryl methyl sites for hydroxylation is 1. The summed E-state index contributed by atoms with van der Waals surface area (Å²) in [4.78, 5) is 25.4. The summed E-state index contributed by atoms with van der Waals surface area (Å²) in [7, 11) is 1.64. The third-order valence-electron chi connectivity index (χ3n) is 5.87. The number of methoxy groups -OCH3 is 1. The average Bonchev–Trinajstić information content (AvgIpc) is 2.77. The van der Waals surface area contributed by atoms with E-state index in [4.69, 9.17) is 4.74 Å². The second-order valence-electron chi connectivity index (χ2n) is 7.92. The summed E-state index contributed by atoms with van der Waals surface area (Å²) in [6.07, 6.45) is 6.14. The van der Waals surface area contributed by atoms with Crippen molar-refractivity contribution in [1.82, 2.24) is 0 Å². The summed E-state index contributed by atoms with van der Waals surface area (Å²) >= 11 is 0. The van der Waals surface area contributed by atoms with Crippen molar-refractivity contribution in [2.45, 2.75) is 32.7 Å². The van der Waals surface area contributed by atoms with Crippen LogP contribution in [0.2, 0.25) is 0 Å². The maximum Gasteiger partial charge on any atom is 0.180 e. The first-order chi connectivity index (χ1) is 14.5. The zero-order valence-electron chi connectivity index (χ0n) is 17.4. The van der Waals surface area contributed by atoms with Crippen LogP contribution >= 0.6 is 0 Å². The molecule has 1 heterocycles. The summed E-state index contributed by atoms with van der Waals surface area (Å²) in [6.45, 7) is 2.30. The largest absolute Gasteiger partial charge is 0.497 e. The minimum absolute atomic E-state index is 0.0285. The van der Waals surface area contributed by atoms with Gasteiger partial charge in [0, 0.05) is 23.1 Å². The van der Waals surface area contributed by atoms with Crippen molar-refractivity contribution >= 4 is 11.6 Å². The van der Waals surface area contributed by atoms with Gasteiger partial charge >= 0.3 is 0 Å². The minimum atomic E-state index is -0.103. The van der Waals surface area contributed by atoms with Crippen LogP contribution in [0.15, 0.2) is 67.0 Å². The number of hydrogen-bond donors (Lipinski definition) is 0. The highest BCUT2D eigenvalue weighted by molar-refractivity contribution is 6.01. The molecule has 0 aliphatic heterocycles. The van der Waals surface area contributed by atoms with Gasteiger partial charge in [0.2, 0.25) is 0 Å². The molecule has 3 aromatic rings. The van der Waals surface area contributed by atoms with Gasteiger partial charge in [-0.1, -0.05) is 30.3 Å². The van der Waals surface area contributed by atoms with Crippen LogP contribution < -0.4 is 9.30 Å². The smallest absolute Gasteiger partial charge is 0.180 e. The number of nitrogens with zero attached hydrogens (tertiary/aromatic N) is 1. The molecule has 0 fully saturated rings. The molecule has 4 heteroatoms. The molecule has 1 aromatic heterocycles. The first-order valence-electron chi connectivity index (χ1n) is 10.3. The number of benzene rings is 2. The Morgan fingerprint density at radius 1 is 1.13 bits per heavy atom. The molecule has 1 atom stereocenters. The van der Waals surface area contributed by atoms with Crippen molar-refractivity contribution in [2.75, 3.05) is 7.11 Å². The van der Waals surface area contributed by atoms with E-state index in [2.05, 4.69) is 12.1 Å². The Bertz CT molecular complexity index is 1090. The number of rotatable bonds is 6. The standard InChI is InChI=1S/C26H26NO3/c1-18(28)25-17-27(16-19-6-4-3-5-7-19)13-12-21(25)14-22-9-8-20-15-23(30-2)10-11-24(20)26(22)29/h3-7,10-13,15,17,22H,8-9,14,16H2,1-2H3/q+1. The lowest BCUT2D eigenvalue weighted by atomic mass is 9.79. The number of ether oxygens (including phenoxy) is 1. The van der Waals surface area contributed by atoms with Crippen LogP contribution in [0.25, 0.3) is 0 Å². The summed E-state index contributed by atoms with van der Waals surface area (Å²) in [5.74, 6) is 0.870. The summed E-state index contributed by atoms with van der Waals surface area (Å²) < 4.78 is 7.31. The highest BCUT2D eigenvalue weighted by Gasteiger charge is 2.29. The van der Waals surface area contributed by atoms with Crippen molar-refractivity contribution in [3.63, 3.8) is 0 Å². The molecule has 0 bridgehead atoms. The van der Waals surface area contributed by atoms with Gasteiger partial charge in [0.15, 0.2) is 30.5 Å². The number of fused-ring (bicyclic) bond motifs is 1. The van der Waals surface area contributed by atoms with E-state index in [1.165, 1.54) is 5.56 Å². The van der Waals surface area contributed by atoms with Gasteiger partial charge in [-0.2, -0.15) is 0 Å². The third-order valence-corrected chi connectivity index (χ3v) is 5.87. The average molecular weight is 400 g/mol. The molecule has 0 saturated carbocycles. The van der Waals surface area contributed by atoms with Crippen LogP contribution in [0, 0.1) is 5.92 Å². The number of carbonyl (C=O) groups is 2. The van der Waals surface area contributed by atoms with Crippen molar-refractivity contribution in [2.24, 2.45) is 5.92 Å². The second-order valence-corrected chi connectivity index (χ2v) is 7.92. The number of carbonyl (C=O) groups excluding carboxylic acids is 2. The molecule has 152 valence electrons. The number of hydrogen-bond acceptors (Lipinski definition) is 3. The lowest BCUT2D eigenvalue weighted by molar-refractivity contribution is -0.688. The molecule has 1 aliphatic rings. The Labute approximate surface area is 177 Å². The van der Waals surface area contributed by atoms with Crippen LogP contribution in [-0.2, 0) is 19.4 Å². The number of Topliss-reactive ketones (excluding diaryl/α,β-unsaturated/α-hetero) is 2. The van der Waals surface area contributed by atoms with Gasteiger partial charge < -0.3 is 4.74 Å². The number of ketones is 2. The van der Waals surface area contributed by atoms with Crippen molar-refractivity contribution in [3.8, 4) is 5.75 Å². The van der Waals surface area contributed by atoms with E-state index in [1.807, 2.05) is 59.4 Å². The quantitative estimate of drug-likeness (QED) is 0.460. The van der Waals surface area contributed by atoms with Crippen LogP contribution in [0.4, 0.5) is 0 Å². The Morgan fingerprint density at radius 3 is 2.67 bits per heavy atom. The molecule has 0 spiro atoms. The molecule has 1 unspecified atom stereocenters. The minimum Gasteiger partial charge on any atom is -0.497 e. The fourth-order valence-corrected chi connectivity index (χ4v) is 4.24. The molecule has 4 rings (SSSR count). The molecule has 1 aliphatic carbocycles. The third kappa shape index (κ3) is 4.18. The first kappa shape index (κ1) is 20.0. The Hall–Kier alpha value is -3.27. The van der Waals surface area contributed by atoms with Gasteiger partial charge in [-0.05, 0) is 55.5 Å². The van der Waals surface area contributed by atoms with Gasteiger partial charge in [-0.3, -0.25) is 9.59 Å².